The normalized spacial score (nSPS) is 17.5. The van der Waals surface area contributed by atoms with E-state index < -0.39 is 24.0 Å². The van der Waals surface area contributed by atoms with Crippen LogP contribution in [0.4, 0.5) is 0 Å². The Kier molecular flexibility index (Phi) is 7.21. The van der Waals surface area contributed by atoms with Gasteiger partial charge in [-0.15, -0.1) is 0 Å². The van der Waals surface area contributed by atoms with Crippen molar-refractivity contribution in [1.82, 2.24) is 5.32 Å². The fourth-order valence-electron chi connectivity index (χ4n) is 3.13. The van der Waals surface area contributed by atoms with Crippen molar-refractivity contribution in [3.63, 3.8) is 0 Å². The summed E-state index contributed by atoms with van der Waals surface area (Å²) in [5, 5.41) is 12.8. The summed E-state index contributed by atoms with van der Waals surface area (Å²) in [6, 6.07) is 8.84. The fourth-order valence-corrected chi connectivity index (χ4v) is 3.38. The molecule has 0 aliphatic carbocycles. The van der Waals surface area contributed by atoms with Gasteiger partial charge in [0.05, 0.1) is 36.5 Å². The summed E-state index contributed by atoms with van der Waals surface area (Å²) in [4.78, 5) is 25.5. The van der Waals surface area contributed by atoms with Gasteiger partial charge in [-0.2, -0.15) is 5.26 Å². The van der Waals surface area contributed by atoms with Crippen LogP contribution in [0.2, 0.25) is 5.02 Å². The highest BCUT2D eigenvalue weighted by Gasteiger charge is 2.41. The molecule has 0 radical (unpaired) electrons. The van der Waals surface area contributed by atoms with Crippen molar-refractivity contribution >= 4 is 23.5 Å². The molecule has 2 atom stereocenters. The number of carbonyl (C=O) groups is 2. The molecule has 2 rings (SSSR count). The molecular weight excluding hydrogens is 384 g/mol. The van der Waals surface area contributed by atoms with E-state index in [0.29, 0.717) is 16.3 Å². The number of halogens is 1. The van der Waals surface area contributed by atoms with Gasteiger partial charge < -0.3 is 19.5 Å². The summed E-state index contributed by atoms with van der Waals surface area (Å²) in [7, 11) is 2.60. The van der Waals surface area contributed by atoms with E-state index in [1.54, 1.807) is 38.1 Å². The standard InChI is InChI=1S/C20H21ClN2O5/c1-5-28-20(25)17-16(12-8-6-7-9-13(12)21)15(19(24)27-4)11(2)23-18(17)14(10-22)26-3/h6-9,14,16,23H,5H2,1-4H3. The first kappa shape index (κ1) is 21.5. The molecule has 0 fully saturated rings. The second kappa shape index (κ2) is 9.40. The van der Waals surface area contributed by atoms with Crippen LogP contribution in [0.3, 0.4) is 0 Å². The van der Waals surface area contributed by atoms with Gasteiger partial charge in [-0.25, -0.2) is 9.59 Å². The molecule has 1 aliphatic rings. The largest absolute Gasteiger partial charge is 0.466 e. The van der Waals surface area contributed by atoms with E-state index in [2.05, 4.69) is 5.32 Å². The average molecular weight is 405 g/mol. The lowest BCUT2D eigenvalue weighted by Crippen LogP contribution is -2.37. The maximum atomic E-state index is 12.9. The Hall–Kier alpha value is -2.82. The molecule has 0 bridgehead atoms. The number of dihydropyridines is 1. The molecule has 7 nitrogen and oxygen atoms in total. The van der Waals surface area contributed by atoms with Gasteiger partial charge in [0, 0.05) is 17.8 Å². The number of ether oxygens (including phenoxy) is 3. The Labute approximate surface area is 168 Å². The highest BCUT2D eigenvalue weighted by Crippen LogP contribution is 2.42. The Morgan fingerprint density at radius 3 is 2.46 bits per heavy atom. The highest BCUT2D eigenvalue weighted by atomic mass is 35.5. The Morgan fingerprint density at radius 2 is 1.93 bits per heavy atom. The zero-order valence-corrected chi connectivity index (χ0v) is 16.8. The molecule has 1 aromatic carbocycles. The zero-order valence-electron chi connectivity index (χ0n) is 16.0. The number of nitrogens with one attached hydrogen (secondary N) is 1. The van der Waals surface area contributed by atoms with Crippen molar-refractivity contribution < 1.29 is 23.8 Å². The molecular formula is C20H21ClN2O5. The summed E-state index contributed by atoms with van der Waals surface area (Å²) in [6.45, 7) is 3.44. The number of nitrogens with zero attached hydrogens (tertiary/aromatic N) is 1. The maximum Gasteiger partial charge on any atom is 0.336 e. The Balaban J connectivity index is 2.85. The van der Waals surface area contributed by atoms with Crippen LogP contribution < -0.4 is 5.32 Å². The predicted molar refractivity (Wildman–Crippen MR) is 102 cm³/mol. The first-order valence-corrected chi connectivity index (χ1v) is 8.93. The number of methoxy groups -OCH3 is 2. The summed E-state index contributed by atoms with van der Waals surface area (Å²) in [5.74, 6) is -2.19. The van der Waals surface area contributed by atoms with Gasteiger partial charge in [0.1, 0.15) is 6.07 Å². The zero-order chi connectivity index (χ0) is 20.8. The molecule has 1 aromatic rings. The topological polar surface area (TPSA) is 97.7 Å². The number of benzene rings is 1. The van der Waals surface area contributed by atoms with Crippen LogP contribution in [0.15, 0.2) is 46.8 Å². The molecule has 1 heterocycles. The number of hydrogen-bond donors (Lipinski definition) is 1. The first-order chi connectivity index (χ1) is 13.4. The first-order valence-electron chi connectivity index (χ1n) is 8.55. The third-order valence-electron chi connectivity index (χ3n) is 4.33. The van der Waals surface area contributed by atoms with Crippen molar-refractivity contribution in [1.29, 1.82) is 5.26 Å². The molecule has 1 aliphatic heterocycles. The van der Waals surface area contributed by atoms with Gasteiger partial charge in [-0.05, 0) is 25.5 Å². The molecule has 0 saturated heterocycles. The summed E-state index contributed by atoms with van der Waals surface area (Å²) >= 11 is 6.39. The highest BCUT2D eigenvalue weighted by molar-refractivity contribution is 6.31. The van der Waals surface area contributed by atoms with Crippen LogP contribution >= 0.6 is 11.6 Å². The van der Waals surface area contributed by atoms with E-state index in [4.69, 9.17) is 25.8 Å². The minimum absolute atomic E-state index is 0.0781. The van der Waals surface area contributed by atoms with Crippen LogP contribution in [0.5, 0.6) is 0 Å². The lowest BCUT2D eigenvalue weighted by atomic mass is 9.79. The summed E-state index contributed by atoms with van der Waals surface area (Å²) in [6.07, 6.45) is -1.07. The smallest absolute Gasteiger partial charge is 0.336 e. The number of esters is 2. The number of rotatable bonds is 6. The minimum Gasteiger partial charge on any atom is -0.466 e. The number of nitriles is 1. The summed E-state index contributed by atoms with van der Waals surface area (Å²) in [5.41, 5.74) is 1.43. The quantitative estimate of drug-likeness (QED) is 0.728. The molecule has 0 saturated carbocycles. The van der Waals surface area contributed by atoms with Crippen LogP contribution in [0.25, 0.3) is 0 Å². The second-order valence-corrected chi connectivity index (χ2v) is 6.31. The molecule has 0 spiro atoms. The predicted octanol–water partition coefficient (Wildman–Crippen LogP) is 2.83. The van der Waals surface area contributed by atoms with Crippen LogP contribution in [-0.4, -0.2) is 38.9 Å². The second-order valence-electron chi connectivity index (χ2n) is 5.90. The lowest BCUT2D eigenvalue weighted by molar-refractivity contribution is -0.139. The van der Waals surface area contributed by atoms with E-state index in [0.717, 1.165) is 0 Å². The van der Waals surface area contributed by atoms with Crippen LogP contribution in [0.1, 0.15) is 25.3 Å². The number of hydrogen-bond acceptors (Lipinski definition) is 7. The van der Waals surface area contributed by atoms with E-state index in [-0.39, 0.29) is 23.5 Å². The van der Waals surface area contributed by atoms with Gasteiger partial charge in [0.2, 0.25) is 0 Å². The molecule has 0 aromatic heterocycles. The molecule has 0 amide bonds. The van der Waals surface area contributed by atoms with Gasteiger partial charge in [-0.3, -0.25) is 0 Å². The van der Waals surface area contributed by atoms with Gasteiger partial charge in [0.15, 0.2) is 6.10 Å². The van der Waals surface area contributed by atoms with Crippen molar-refractivity contribution in [3.05, 3.63) is 57.4 Å². The van der Waals surface area contributed by atoms with Crippen LogP contribution in [-0.2, 0) is 23.8 Å². The van der Waals surface area contributed by atoms with E-state index >= 15 is 0 Å². The third-order valence-corrected chi connectivity index (χ3v) is 4.67. The molecule has 28 heavy (non-hydrogen) atoms. The maximum absolute atomic E-state index is 12.9. The van der Waals surface area contributed by atoms with Crippen molar-refractivity contribution in [3.8, 4) is 6.07 Å². The van der Waals surface area contributed by atoms with Crippen LogP contribution in [0, 0.1) is 11.3 Å². The van der Waals surface area contributed by atoms with Gasteiger partial charge in [-0.1, -0.05) is 29.8 Å². The van der Waals surface area contributed by atoms with Crippen molar-refractivity contribution in [2.45, 2.75) is 25.9 Å². The monoisotopic (exact) mass is 404 g/mol. The van der Waals surface area contributed by atoms with Gasteiger partial charge in [0.25, 0.3) is 0 Å². The molecule has 148 valence electrons. The molecule has 1 N–H and O–H groups in total. The van der Waals surface area contributed by atoms with E-state index in [1.807, 2.05) is 6.07 Å². The molecule has 8 heteroatoms. The Bertz CT molecular complexity index is 885. The lowest BCUT2D eigenvalue weighted by Gasteiger charge is -2.32. The minimum atomic E-state index is -1.07. The fraction of sp³-hybridized carbons (Fsp3) is 0.350. The number of allylic oxidation sites excluding steroid dienone is 1. The average Bonchev–Trinajstić information content (AvgIpc) is 2.68. The number of carbonyl (C=O) groups excluding carboxylic acids is 2. The Morgan fingerprint density at radius 1 is 1.25 bits per heavy atom. The SMILES string of the molecule is CCOC(=O)C1=C(C(C#N)OC)NC(C)=C(C(=O)OC)C1c1ccccc1Cl. The van der Waals surface area contributed by atoms with Crippen molar-refractivity contribution in [2.75, 3.05) is 20.8 Å². The van der Waals surface area contributed by atoms with Crippen molar-refractivity contribution in [2.24, 2.45) is 0 Å². The molecule has 2 unspecified atom stereocenters. The van der Waals surface area contributed by atoms with E-state index in [1.165, 1.54) is 14.2 Å². The summed E-state index contributed by atoms with van der Waals surface area (Å²) < 4.78 is 15.4. The van der Waals surface area contributed by atoms with E-state index in [9.17, 15) is 14.9 Å². The third kappa shape index (κ3) is 4.03. The van der Waals surface area contributed by atoms with Gasteiger partial charge >= 0.3 is 11.9 Å².